The second-order valence-electron chi connectivity index (χ2n) is 5.91. The molecule has 0 saturated carbocycles. The van der Waals surface area contributed by atoms with Gasteiger partial charge in [0, 0.05) is 17.5 Å². The van der Waals surface area contributed by atoms with Crippen LogP contribution in [-0.2, 0) is 6.54 Å². The van der Waals surface area contributed by atoms with Crippen molar-refractivity contribution in [2.75, 3.05) is 19.6 Å². The Balaban J connectivity index is 2.41. The minimum atomic E-state index is 0.617. The third-order valence-corrected chi connectivity index (χ3v) is 4.62. The summed E-state index contributed by atoms with van der Waals surface area (Å²) < 4.78 is 0. The van der Waals surface area contributed by atoms with Crippen molar-refractivity contribution < 1.29 is 0 Å². The maximum atomic E-state index is 3.58. The molecule has 1 N–H and O–H groups in total. The zero-order chi connectivity index (χ0) is 14.3. The summed E-state index contributed by atoms with van der Waals surface area (Å²) >= 11 is 1.86. The average molecular weight is 282 g/mol. The van der Waals surface area contributed by atoms with Crippen LogP contribution in [0.4, 0.5) is 0 Å². The summed E-state index contributed by atoms with van der Waals surface area (Å²) in [4.78, 5) is 4.05. The number of nitrogens with zero attached hydrogens (tertiary/aromatic N) is 1. The minimum absolute atomic E-state index is 0.617. The first-order valence-corrected chi connectivity index (χ1v) is 8.39. The molecule has 3 heteroatoms. The maximum Gasteiger partial charge on any atom is 0.0330 e. The van der Waals surface area contributed by atoms with Gasteiger partial charge in [-0.05, 0) is 49.8 Å². The van der Waals surface area contributed by atoms with Crippen LogP contribution in [0.5, 0.6) is 0 Å². The first kappa shape index (κ1) is 16.7. The molecule has 0 saturated heterocycles. The minimum Gasteiger partial charge on any atom is -0.316 e. The molecule has 2 nitrogen and oxygen atoms in total. The number of thiophene rings is 1. The molecule has 0 aliphatic rings. The Bertz CT molecular complexity index is 321. The van der Waals surface area contributed by atoms with Crippen LogP contribution in [0.2, 0.25) is 0 Å². The van der Waals surface area contributed by atoms with Gasteiger partial charge < -0.3 is 5.32 Å². The Morgan fingerprint density at radius 2 is 1.95 bits per heavy atom. The third-order valence-electron chi connectivity index (χ3n) is 3.76. The van der Waals surface area contributed by atoms with Gasteiger partial charge in [-0.3, -0.25) is 4.90 Å². The van der Waals surface area contributed by atoms with Crippen molar-refractivity contribution >= 4 is 11.3 Å². The van der Waals surface area contributed by atoms with Gasteiger partial charge in [-0.25, -0.2) is 0 Å². The zero-order valence-electron chi connectivity index (χ0n) is 13.1. The average Bonchev–Trinajstić information content (AvgIpc) is 2.87. The largest absolute Gasteiger partial charge is 0.316 e. The van der Waals surface area contributed by atoms with E-state index in [-0.39, 0.29) is 0 Å². The van der Waals surface area contributed by atoms with Gasteiger partial charge in [0.1, 0.15) is 0 Å². The second kappa shape index (κ2) is 8.72. The lowest BCUT2D eigenvalue weighted by molar-refractivity contribution is 0.160. The summed E-state index contributed by atoms with van der Waals surface area (Å²) in [5, 5.41) is 5.75. The Kier molecular flexibility index (Phi) is 7.66. The van der Waals surface area contributed by atoms with Crippen molar-refractivity contribution in [3.05, 3.63) is 22.4 Å². The molecule has 0 spiro atoms. The Morgan fingerprint density at radius 1 is 1.21 bits per heavy atom. The van der Waals surface area contributed by atoms with Crippen molar-refractivity contribution in [1.82, 2.24) is 10.2 Å². The predicted octanol–water partition coefficient (Wildman–Crippen LogP) is 3.84. The molecule has 1 heterocycles. The number of hydrogen-bond donors (Lipinski definition) is 1. The van der Waals surface area contributed by atoms with E-state index in [2.05, 4.69) is 62.3 Å². The topological polar surface area (TPSA) is 15.3 Å². The van der Waals surface area contributed by atoms with E-state index < -0.39 is 0 Å². The summed E-state index contributed by atoms with van der Waals surface area (Å²) in [7, 11) is 0. The van der Waals surface area contributed by atoms with E-state index in [9.17, 15) is 0 Å². The molecule has 0 bridgehead atoms. The zero-order valence-corrected chi connectivity index (χ0v) is 14.0. The molecular formula is C16H30N2S. The highest BCUT2D eigenvalue weighted by atomic mass is 32.1. The van der Waals surface area contributed by atoms with E-state index in [1.807, 2.05) is 11.3 Å². The van der Waals surface area contributed by atoms with Crippen LogP contribution >= 0.6 is 11.3 Å². The maximum absolute atomic E-state index is 3.58. The van der Waals surface area contributed by atoms with Crippen molar-refractivity contribution in [1.29, 1.82) is 0 Å². The van der Waals surface area contributed by atoms with Crippen LogP contribution in [-0.4, -0.2) is 30.6 Å². The number of hydrogen-bond acceptors (Lipinski definition) is 3. The normalized spacial score (nSPS) is 15.1. The summed E-state index contributed by atoms with van der Waals surface area (Å²) in [6.07, 6.45) is 0. The van der Waals surface area contributed by atoms with Crippen LogP contribution in [0, 0.1) is 11.8 Å². The molecule has 19 heavy (non-hydrogen) atoms. The van der Waals surface area contributed by atoms with E-state index >= 15 is 0 Å². The summed E-state index contributed by atoms with van der Waals surface area (Å²) in [5.41, 5.74) is 0. The van der Waals surface area contributed by atoms with Gasteiger partial charge in [0.25, 0.3) is 0 Å². The van der Waals surface area contributed by atoms with Gasteiger partial charge in [0.2, 0.25) is 0 Å². The molecule has 0 fully saturated rings. The fraction of sp³-hybridized carbons (Fsp3) is 0.750. The van der Waals surface area contributed by atoms with Gasteiger partial charge >= 0.3 is 0 Å². The first-order chi connectivity index (χ1) is 9.04. The monoisotopic (exact) mass is 282 g/mol. The molecule has 1 aromatic heterocycles. The van der Waals surface area contributed by atoms with Crippen LogP contribution in [0.25, 0.3) is 0 Å². The van der Waals surface area contributed by atoms with Gasteiger partial charge in [-0.15, -0.1) is 11.3 Å². The highest BCUT2D eigenvalue weighted by Crippen LogP contribution is 2.17. The van der Waals surface area contributed by atoms with Crippen LogP contribution in [0.1, 0.15) is 39.5 Å². The first-order valence-electron chi connectivity index (χ1n) is 7.51. The van der Waals surface area contributed by atoms with E-state index in [4.69, 9.17) is 0 Å². The highest BCUT2D eigenvalue weighted by Gasteiger charge is 2.19. The van der Waals surface area contributed by atoms with Crippen molar-refractivity contribution in [3.63, 3.8) is 0 Å². The van der Waals surface area contributed by atoms with Crippen LogP contribution in [0.3, 0.4) is 0 Å². The lowest BCUT2D eigenvalue weighted by Crippen LogP contribution is -2.41. The van der Waals surface area contributed by atoms with E-state index in [1.54, 1.807) is 0 Å². The predicted molar refractivity (Wildman–Crippen MR) is 86.7 cm³/mol. The molecule has 110 valence electrons. The Morgan fingerprint density at radius 3 is 2.47 bits per heavy atom. The Labute approximate surface area is 123 Å². The molecule has 1 rings (SSSR count). The molecule has 0 radical (unpaired) electrons. The van der Waals surface area contributed by atoms with Gasteiger partial charge in [0.05, 0.1) is 0 Å². The number of nitrogens with one attached hydrogen (secondary N) is 1. The van der Waals surface area contributed by atoms with Gasteiger partial charge in [-0.1, -0.05) is 33.8 Å². The summed E-state index contributed by atoms with van der Waals surface area (Å²) in [6, 6.07) is 5.00. The fourth-order valence-corrected chi connectivity index (χ4v) is 3.01. The molecule has 0 aliphatic carbocycles. The van der Waals surface area contributed by atoms with Crippen molar-refractivity contribution in [3.8, 4) is 0 Å². The fourth-order valence-electron chi connectivity index (χ4n) is 2.28. The van der Waals surface area contributed by atoms with Crippen molar-refractivity contribution in [2.45, 2.75) is 47.2 Å². The molecule has 2 unspecified atom stereocenters. The SMILES string of the molecule is CCN(Cc1cccs1)C(C)C(C)CNCC(C)C. The summed E-state index contributed by atoms with van der Waals surface area (Å²) in [5.74, 6) is 1.41. The highest BCUT2D eigenvalue weighted by molar-refractivity contribution is 7.09. The lowest BCUT2D eigenvalue weighted by atomic mass is 10.0. The van der Waals surface area contributed by atoms with Gasteiger partial charge in [-0.2, -0.15) is 0 Å². The Hall–Kier alpha value is -0.380. The third kappa shape index (κ3) is 6.07. The molecule has 0 amide bonds. The van der Waals surface area contributed by atoms with Gasteiger partial charge in [0.15, 0.2) is 0 Å². The molecule has 2 atom stereocenters. The van der Waals surface area contributed by atoms with E-state index in [1.165, 1.54) is 4.88 Å². The van der Waals surface area contributed by atoms with E-state index in [0.717, 1.165) is 32.1 Å². The standard InChI is InChI=1S/C16H30N2S/c1-6-18(12-16-8-7-9-19-16)15(5)14(4)11-17-10-13(2)3/h7-9,13-15,17H,6,10-12H2,1-5H3. The van der Waals surface area contributed by atoms with Crippen LogP contribution < -0.4 is 5.32 Å². The van der Waals surface area contributed by atoms with Crippen molar-refractivity contribution in [2.24, 2.45) is 11.8 Å². The molecule has 1 aromatic rings. The molecule has 0 aromatic carbocycles. The smallest absolute Gasteiger partial charge is 0.0330 e. The molecular weight excluding hydrogens is 252 g/mol. The molecule has 0 aliphatic heterocycles. The second-order valence-corrected chi connectivity index (χ2v) is 6.94. The number of rotatable bonds is 9. The summed E-state index contributed by atoms with van der Waals surface area (Å²) in [6.45, 7) is 15.9. The van der Waals surface area contributed by atoms with Crippen LogP contribution in [0.15, 0.2) is 17.5 Å². The van der Waals surface area contributed by atoms with E-state index in [0.29, 0.717) is 12.0 Å². The lowest BCUT2D eigenvalue weighted by Gasteiger charge is -2.32. The quantitative estimate of drug-likeness (QED) is 0.740.